The fraction of sp³-hybridized carbons (Fsp3) is 0.0645. The highest BCUT2D eigenvalue weighted by Gasteiger charge is 2.19. The zero-order valence-electron chi connectivity index (χ0n) is 19.5. The van der Waals surface area contributed by atoms with E-state index < -0.39 is 0 Å². The molecule has 4 heteroatoms. The Bertz CT molecular complexity index is 1930. The molecule has 0 fully saturated rings. The normalized spacial score (nSPS) is 11.7. The molecule has 0 aliphatic rings. The SMILES string of the molecule is Cc1cc(-c2ccc3ccccc3c2)ccc1-c1nc2c3cccnc3c3ncccc3c2n1C. The summed E-state index contributed by atoms with van der Waals surface area (Å²) in [6.07, 6.45) is 3.65. The van der Waals surface area contributed by atoms with Gasteiger partial charge in [0.25, 0.3) is 0 Å². The molecule has 0 radical (unpaired) electrons. The van der Waals surface area contributed by atoms with E-state index in [0.29, 0.717) is 0 Å². The largest absolute Gasteiger partial charge is 0.327 e. The molecular formula is C31H22N4. The second-order valence-corrected chi connectivity index (χ2v) is 9.08. The van der Waals surface area contributed by atoms with Crippen LogP contribution in [-0.4, -0.2) is 19.5 Å². The Hall–Kier alpha value is -4.57. The smallest absolute Gasteiger partial charge is 0.141 e. The molecule has 7 aromatic rings. The molecule has 0 spiro atoms. The highest BCUT2D eigenvalue weighted by atomic mass is 15.1. The minimum Gasteiger partial charge on any atom is -0.327 e. The van der Waals surface area contributed by atoms with E-state index in [4.69, 9.17) is 4.98 Å². The molecule has 35 heavy (non-hydrogen) atoms. The second kappa shape index (κ2) is 7.47. The van der Waals surface area contributed by atoms with Crippen LogP contribution in [0.25, 0.3) is 66.1 Å². The van der Waals surface area contributed by atoms with Crippen molar-refractivity contribution in [3.8, 4) is 22.5 Å². The summed E-state index contributed by atoms with van der Waals surface area (Å²) < 4.78 is 2.20. The fourth-order valence-electron chi connectivity index (χ4n) is 5.27. The molecule has 3 heterocycles. The molecule has 0 unspecified atom stereocenters. The number of hydrogen-bond donors (Lipinski definition) is 0. The summed E-state index contributed by atoms with van der Waals surface area (Å²) in [5, 5.41) is 4.61. The Labute approximate surface area is 202 Å². The van der Waals surface area contributed by atoms with Crippen LogP contribution in [0.2, 0.25) is 0 Å². The predicted octanol–water partition coefficient (Wildman–Crippen LogP) is 7.47. The lowest BCUT2D eigenvalue weighted by Gasteiger charge is -2.10. The number of nitrogens with zero attached hydrogens (tertiary/aromatic N) is 4. The summed E-state index contributed by atoms with van der Waals surface area (Å²) in [5.41, 5.74) is 8.60. The first-order valence-corrected chi connectivity index (χ1v) is 11.8. The van der Waals surface area contributed by atoms with Gasteiger partial charge in [0, 0.05) is 35.8 Å². The number of aryl methyl sites for hydroxylation is 2. The van der Waals surface area contributed by atoms with Gasteiger partial charge in [-0.05, 0) is 64.7 Å². The summed E-state index contributed by atoms with van der Waals surface area (Å²) in [6, 6.07) is 29.9. The molecule has 4 nitrogen and oxygen atoms in total. The average molecular weight is 451 g/mol. The van der Waals surface area contributed by atoms with Crippen molar-refractivity contribution < 1.29 is 0 Å². The van der Waals surface area contributed by atoms with Crippen molar-refractivity contribution in [2.24, 2.45) is 7.05 Å². The Morgan fingerprint density at radius 1 is 0.629 bits per heavy atom. The first-order chi connectivity index (χ1) is 17.2. The van der Waals surface area contributed by atoms with Crippen LogP contribution in [0, 0.1) is 6.92 Å². The lowest BCUT2D eigenvalue weighted by atomic mass is 9.97. The number of benzene rings is 4. The van der Waals surface area contributed by atoms with Crippen molar-refractivity contribution in [3.05, 3.63) is 103 Å². The van der Waals surface area contributed by atoms with Gasteiger partial charge < -0.3 is 4.57 Å². The maximum absolute atomic E-state index is 5.16. The first-order valence-electron chi connectivity index (χ1n) is 11.8. The summed E-state index contributed by atoms with van der Waals surface area (Å²) in [6.45, 7) is 2.17. The van der Waals surface area contributed by atoms with E-state index in [1.807, 2.05) is 24.5 Å². The van der Waals surface area contributed by atoms with Crippen LogP contribution in [0.5, 0.6) is 0 Å². The van der Waals surface area contributed by atoms with Gasteiger partial charge in [0.15, 0.2) is 0 Å². The third-order valence-electron chi connectivity index (χ3n) is 7.00. The summed E-state index contributed by atoms with van der Waals surface area (Å²) in [4.78, 5) is 14.5. The Morgan fingerprint density at radius 3 is 2.11 bits per heavy atom. The lowest BCUT2D eigenvalue weighted by molar-refractivity contribution is 0.960. The second-order valence-electron chi connectivity index (χ2n) is 9.08. The van der Waals surface area contributed by atoms with Crippen molar-refractivity contribution in [2.75, 3.05) is 0 Å². The van der Waals surface area contributed by atoms with Crippen LogP contribution < -0.4 is 0 Å². The number of pyridine rings is 2. The Kier molecular flexibility index (Phi) is 4.24. The highest BCUT2D eigenvalue weighted by molar-refractivity contribution is 6.21. The standard InChI is InChI=1S/C31H22N4/c1-19-17-22(23-12-11-20-7-3-4-8-21(20)18-23)13-14-24(19)31-34-29-25-9-5-15-32-27(25)28-26(10-6-16-33-28)30(29)35(31)2/h3-18H,1-2H3. The van der Waals surface area contributed by atoms with Gasteiger partial charge in [0.1, 0.15) is 5.82 Å². The third-order valence-corrected chi connectivity index (χ3v) is 7.00. The molecule has 3 aromatic heterocycles. The van der Waals surface area contributed by atoms with Gasteiger partial charge in [-0.1, -0.05) is 54.6 Å². The summed E-state index contributed by atoms with van der Waals surface area (Å²) >= 11 is 0. The van der Waals surface area contributed by atoms with Crippen molar-refractivity contribution in [3.63, 3.8) is 0 Å². The minimum absolute atomic E-state index is 0.892. The Balaban J connectivity index is 1.43. The number of hydrogen-bond acceptors (Lipinski definition) is 3. The van der Waals surface area contributed by atoms with E-state index in [-0.39, 0.29) is 0 Å². The molecule has 0 atom stereocenters. The zero-order valence-corrected chi connectivity index (χ0v) is 19.5. The maximum Gasteiger partial charge on any atom is 0.141 e. The van der Waals surface area contributed by atoms with Crippen molar-refractivity contribution in [1.29, 1.82) is 0 Å². The van der Waals surface area contributed by atoms with E-state index in [0.717, 1.165) is 44.2 Å². The van der Waals surface area contributed by atoms with E-state index in [1.54, 1.807) is 0 Å². The molecule has 166 valence electrons. The summed E-state index contributed by atoms with van der Waals surface area (Å²) in [7, 11) is 2.09. The van der Waals surface area contributed by atoms with E-state index in [2.05, 4.69) is 101 Å². The van der Waals surface area contributed by atoms with Gasteiger partial charge in [0.05, 0.1) is 22.1 Å². The number of fused-ring (bicyclic) bond motifs is 7. The van der Waals surface area contributed by atoms with Crippen molar-refractivity contribution in [2.45, 2.75) is 6.92 Å². The van der Waals surface area contributed by atoms with E-state index in [1.165, 1.54) is 27.5 Å². The first kappa shape index (κ1) is 19.9. The molecule has 7 rings (SSSR count). The topological polar surface area (TPSA) is 43.6 Å². The third kappa shape index (κ3) is 2.96. The van der Waals surface area contributed by atoms with Crippen molar-refractivity contribution >= 4 is 43.6 Å². The number of aromatic nitrogens is 4. The van der Waals surface area contributed by atoms with Crippen LogP contribution in [0.15, 0.2) is 97.3 Å². The van der Waals surface area contributed by atoms with Crippen LogP contribution in [0.3, 0.4) is 0 Å². The minimum atomic E-state index is 0.892. The molecule has 0 saturated heterocycles. The van der Waals surface area contributed by atoms with Crippen LogP contribution in [0.1, 0.15) is 5.56 Å². The predicted molar refractivity (Wildman–Crippen MR) is 144 cm³/mol. The van der Waals surface area contributed by atoms with Gasteiger partial charge in [-0.15, -0.1) is 0 Å². The van der Waals surface area contributed by atoms with Gasteiger partial charge >= 0.3 is 0 Å². The monoisotopic (exact) mass is 450 g/mol. The van der Waals surface area contributed by atoms with E-state index >= 15 is 0 Å². The molecule has 4 aromatic carbocycles. The molecular weight excluding hydrogens is 428 g/mol. The quantitative estimate of drug-likeness (QED) is 0.257. The Morgan fingerprint density at radius 2 is 1.31 bits per heavy atom. The number of rotatable bonds is 2. The van der Waals surface area contributed by atoms with Gasteiger partial charge in [-0.3, -0.25) is 9.97 Å². The van der Waals surface area contributed by atoms with Gasteiger partial charge in [-0.25, -0.2) is 4.98 Å². The molecule has 0 amide bonds. The van der Waals surface area contributed by atoms with Crippen molar-refractivity contribution in [1.82, 2.24) is 19.5 Å². The number of imidazole rings is 1. The average Bonchev–Trinajstić information content (AvgIpc) is 3.25. The molecule has 0 bridgehead atoms. The van der Waals surface area contributed by atoms with Gasteiger partial charge in [0.2, 0.25) is 0 Å². The van der Waals surface area contributed by atoms with Crippen LogP contribution >= 0.6 is 0 Å². The van der Waals surface area contributed by atoms with E-state index in [9.17, 15) is 0 Å². The van der Waals surface area contributed by atoms with Gasteiger partial charge in [-0.2, -0.15) is 0 Å². The van der Waals surface area contributed by atoms with Crippen LogP contribution in [0.4, 0.5) is 0 Å². The molecule has 0 N–H and O–H groups in total. The van der Waals surface area contributed by atoms with Crippen LogP contribution in [-0.2, 0) is 7.05 Å². The molecule has 0 aliphatic heterocycles. The summed E-state index contributed by atoms with van der Waals surface area (Å²) in [5.74, 6) is 0.948. The maximum atomic E-state index is 5.16. The lowest BCUT2D eigenvalue weighted by Crippen LogP contribution is -1.96. The molecule has 0 aliphatic carbocycles. The highest BCUT2D eigenvalue weighted by Crippen LogP contribution is 2.36. The molecule has 0 saturated carbocycles. The fourth-order valence-corrected chi connectivity index (χ4v) is 5.27. The zero-order chi connectivity index (χ0) is 23.5.